The predicted octanol–water partition coefficient (Wildman–Crippen LogP) is 2.02. The molecule has 0 aliphatic carbocycles. The summed E-state index contributed by atoms with van der Waals surface area (Å²) in [5, 5.41) is 0.814. The molecule has 7 nitrogen and oxygen atoms in total. The summed E-state index contributed by atoms with van der Waals surface area (Å²) < 4.78 is 10.6. The van der Waals surface area contributed by atoms with Crippen LogP contribution in [-0.2, 0) is 5.75 Å². The maximum Gasteiger partial charge on any atom is 0.166 e. The molecule has 2 heterocycles. The molecule has 0 bridgehead atoms. The Bertz CT molecular complexity index is 766. The van der Waals surface area contributed by atoms with Crippen molar-refractivity contribution in [1.29, 1.82) is 0 Å². The van der Waals surface area contributed by atoms with Crippen LogP contribution in [0, 0.1) is 0 Å². The molecule has 2 aromatic heterocycles. The van der Waals surface area contributed by atoms with Crippen LogP contribution >= 0.6 is 11.8 Å². The van der Waals surface area contributed by atoms with Gasteiger partial charge in [-0.15, -0.1) is 0 Å². The quantitative estimate of drug-likeness (QED) is 0.689. The Kier molecular flexibility index (Phi) is 5.30. The first-order chi connectivity index (χ1) is 10.7. The SMILES string of the molecule is COc1cc2nc(SCc3cccc(N)n3)[nH]c2cc1OC.O. The minimum absolute atomic E-state index is 0. The largest absolute Gasteiger partial charge is 0.493 e. The molecule has 0 spiro atoms. The average Bonchev–Trinajstić information content (AvgIpc) is 2.93. The number of nitrogens with one attached hydrogen (secondary N) is 1. The number of nitrogen functional groups attached to an aromatic ring is 1. The number of benzene rings is 1. The zero-order chi connectivity index (χ0) is 15.5. The monoisotopic (exact) mass is 334 g/mol. The number of anilines is 1. The van der Waals surface area contributed by atoms with Crippen LogP contribution in [0.3, 0.4) is 0 Å². The number of nitrogens with zero attached hydrogens (tertiary/aromatic N) is 2. The van der Waals surface area contributed by atoms with E-state index in [4.69, 9.17) is 15.2 Å². The second-order valence-corrected chi connectivity index (χ2v) is 5.57. The highest BCUT2D eigenvalue weighted by atomic mass is 32.2. The number of hydrogen-bond donors (Lipinski definition) is 2. The molecule has 1 aromatic carbocycles. The molecule has 3 aromatic rings. The van der Waals surface area contributed by atoms with Crippen molar-refractivity contribution in [3.05, 3.63) is 36.0 Å². The third-order valence-electron chi connectivity index (χ3n) is 3.15. The molecule has 0 amide bonds. The molecule has 5 N–H and O–H groups in total. The molecule has 0 fully saturated rings. The third-order valence-corrected chi connectivity index (χ3v) is 4.06. The molecule has 0 saturated carbocycles. The number of thioether (sulfide) groups is 1. The standard InChI is InChI=1S/C15H16N4O2S.H2O/c1-20-12-6-10-11(7-13(12)21-2)19-15(18-10)22-8-9-4-3-5-14(16)17-9;/h3-7H,8H2,1-2H3,(H2,16,17)(H,18,19);1H2. The van der Waals surface area contributed by atoms with E-state index in [0.717, 1.165) is 21.9 Å². The molecule has 0 aliphatic heterocycles. The summed E-state index contributed by atoms with van der Waals surface area (Å²) in [5.74, 6) is 2.56. The maximum atomic E-state index is 5.68. The molecule has 0 aliphatic rings. The highest BCUT2D eigenvalue weighted by molar-refractivity contribution is 7.98. The normalized spacial score (nSPS) is 10.3. The minimum atomic E-state index is 0. The predicted molar refractivity (Wildman–Crippen MR) is 91.0 cm³/mol. The van der Waals surface area contributed by atoms with Crippen LogP contribution in [-0.4, -0.2) is 34.6 Å². The van der Waals surface area contributed by atoms with Gasteiger partial charge in [-0.1, -0.05) is 17.8 Å². The van der Waals surface area contributed by atoms with E-state index in [0.29, 0.717) is 23.1 Å². The van der Waals surface area contributed by atoms with Crippen molar-refractivity contribution in [3.63, 3.8) is 0 Å². The Labute approximate surface area is 137 Å². The van der Waals surface area contributed by atoms with Crippen LogP contribution in [0.4, 0.5) is 5.82 Å². The first-order valence-corrected chi connectivity index (χ1v) is 7.64. The molecular formula is C15H18N4O3S. The van der Waals surface area contributed by atoms with Crippen LogP contribution in [0.1, 0.15) is 5.69 Å². The second-order valence-electron chi connectivity index (χ2n) is 4.61. The van der Waals surface area contributed by atoms with E-state index < -0.39 is 0 Å². The van der Waals surface area contributed by atoms with Crippen molar-refractivity contribution < 1.29 is 14.9 Å². The Hall–Kier alpha value is -2.45. The first kappa shape index (κ1) is 16.9. The van der Waals surface area contributed by atoms with Crippen molar-refractivity contribution in [3.8, 4) is 11.5 Å². The van der Waals surface area contributed by atoms with Gasteiger partial charge in [0.2, 0.25) is 0 Å². The van der Waals surface area contributed by atoms with Gasteiger partial charge in [0.1, 0.15) is 5.82 Å². The van der Waals surface area contributed by atoms with Crippen molar-refractivity contribution >= 4 is 28.6 Å². The van der Waals surface area contributed by atoms with Crippen LogP contribution in [0.15, 0.2) is 35.5 Å². The van der Waals surface area contributed by atoms with Gasteiger partial charge in [0, 0.05) is 17.9 Å². The smallest absolute Gasteiger partial charge is 0.166 e. The van der Waals surface area contributed by atoms with E-state index in [9.17, 15) is 0 Å². The summed E-state index contributed by atoms with van der Waals surface area (Å²) >= 11 is 1.57. The van der Waals surface area contributed by atoms with E-state index in [2.05, 4.69) is 15.0 Å². The molecule has 3 rings (SSSR count). The average molecular weight is 334 g/mol. The fraction of sp³-hybridized carbons (Fsp3) is 0.200. The number of H-pyrrole nitrogens is 1. The van der Waals surface area contributed by atoms with Gasteiger partial charge in [0.15, 0.2) is 16.7 Å². The molecule has 8 heteroatoms. The van der Waals surface area contributed by atoms with Gasteiger partial charge in [-0.25, -0.2) is 9.97 Å². The van der Waals surface area contributed by atoms with Crippen LogP contribution in [0.25, 0.3) is 11.0 Å². The van der Waals surface area contributed by atoms with Gasteiger partial charge in [0.05, 0.1) is 30.9 Å². The lowest BCUT2D eigenvalue weighted by molar-refractivity contribution is 0.356. The number of imidazole rings is 1. The van der Waals surface area contributed by atoms with E-state index >= 15 is 0 Å². The van der Waals surface area contributed by atoms with E-state index in [1.54, 1.807) is 32.0 Å². The highest BCUT2D eigenvalue weighted by Gasteiger charge is 2.10. The second kappa shape index (κ2) is 7.21. The van der Waals surface area contributed by atoms with Gasteiger partial charge in [-0.3, -0.25) is 0 Å². The van der Waals surface area contributed by atoms with Gasteiger partial charge >= 0.3 is 0 Å². The van der Waals surface area contributed by atoms with Crippen LogP contribution in [0.5, 0.6) is 11.5 Å². The molecule has 0 radical (unpaired) electrons. The van der Waals surface area contributed by atoms with Crippen molar-refractivity contribution in [2.45, 2.75) is 10.9 Å². The van der Waals surface area contributed by atoms with Crippen molar-refractivity contribution in [2.75, 3.05) is 20.0 Å². The van der Waals surface area contributed by atoms with Crippen molar-refractivity contribution in [2.24, 2.45) is 0 Å². The summed E-state index contributed by atoms with van der Waals surface area (Å²) in [6, 6.07) is 9.34. The number of methoxy groups -OCH3 is 2. The lowest BCUT2D eigenvalue weighted by Crippen LogP contribution is -1.93. The summed E-state index contributed by atoms with van der Waals surface area (Å²) in [7, 11) is 3.22. The van der Waals surface area contributed by atoms with E-state index in [1.807, 2.05) is 24.3 Å². The molecule has 122 valence electrons. The zero-order valence-electron chi connectivity index (χ0n) is 12.8. The first-order valence-electron chi connectivity index (χ1n) is 6.65. The molecular weight excluding hydrogens is 316 g/mol. The van der Waals surface area contributed by atoms with E-state index in [-0.39, 0.29) is 5.48 Å². The van der Waals surface area contributed by atoms with E-state index in [1.165, 1.54) is 0 Å². The summed E-state index contributed by atoms with van der Waals surface area (Å²) in [6.45, 7) is 0. The summed E-state index contributed by atoms with van der Waals surface area (Å²) in [6.07, 6.45) is 0. The Morgan fingerprint density at radius 2 is 1.87 bits per heavy atom. The maximum absolute atomic E-state index is 5.68. The van der Waals surface area contributed by atoms with Crippen molar-refractivity contribution in [1.82, 2.24) is 15.0 Å². The fourth-order valence-corrected chi connectivity index (χ4v) is 2.89. The number of rotatable bonds is 5. The van der Waals surface area contributed by atoms with Gasteiger partial charge < -0.3 is 25.7 Å². The molecule has 0 saturated heterocycles. The molecule has 23 heavy (non-hydrogen) atoms. The zero-order valence-corrected chi connectivity index (χ0v) is 13.6. The number of aromatic nitrogens is 3. The minimum Gasteiger partial charge on any atom is -0.493 e. The number of ether oxygens (including phenoxy) is 2. The Balaban J connectivity index is 0.00000192. The highest BCUT2D eigenvalue weighted by Crippen LogP contribution is 2.32. The third kappa shape index (κ3) is 3.66. The number of nitrogens with two attached hydrogens (primary N) is 1. The summed E-state index contributed by atoms with van der Waals surface area (Å²) in [5.41, 5.74) is 8.34. The Morgan fingerprint density at radius 1 is 1.13 bits per heavy atom. The van der Waals surface area contributed by atoms with Crippen LogP contribution < -0.4 is 15.2 Å². The van der Waals surface area contributed by atoms with Gasteiger partial charge in [0.25, 0.3) is 0 Å². The number of fused-ring (bicyclic) bond motifs is 1. The van der Waals surface area contributed by atoms with Gasteiger partial charge in [-0.05, 0) is 12.1 Å². The fourth-order valence-electron chi connectivity index (χ4n) is 2.10. The number of hydrogen-bond acceptors (Lipinski definition) is 6. The van der Waals surface area contributed by atoms with Crippen LogP contribution in [0.2, 0.25) is 0 Å². The molecule has 0 unspecified atom stereocenters. The van der Waals surface area contributed by atoms with Gasteiger partial charge in [-0.2, -0.15) is 0 Å². The lowest BCUT2D eigenvalue weighted by atomic mass is 10.3. The molecule has 0 atom stereocenters. The Morgan fingerprint density at radius 3 is 2.57 bits per heavy atom. The topological polar surface area (TPSA) is 118 Å². The number of aromatic amines is 1. The lowest BCUT2D eigenvalue weighted by Gasteiger charge is -2.06. The number of pyridine rings is 1. The summed E-state index contributed by atoms with van der Waals surface area (Å²) in [4.78, 5) is 12.1.